The molecule has 1 heterocycles. The zero-order valence-corrected chi connectivity index (χ0v) is 7.44. The first-order valence-corrected chi connectivity index (χ1v) is 4.63. The number of nitrogens with one attached hydrogen (secondary N) is 1. The minimum absolute atomic E-state index is 0.907. The van der Waals surface area contributed by atoms with Crippen molar-refractivity contribution in [3.05, 3.63) is 0 Å². The highest BCUT2D eigenvalue weighted by Crippen LogP contribution is 2.16. The highest BCUT2D eigenvalue weighted by atomic mass is 16.5. The van der Waals surface area contributed by atoms with Crippen molar-refractivity contribution in [2.45, 2.75) is 25.7 Å². The summed E-state index contributed by atoms with van der Waals surface area (Å²) in [5.74, 6) is 0.907. The molecule has 0 aromatic rings. The van der Waals surface area contributed by atoms with Gasteiger partial charge in [0.05, 0.1) is 0 Å². The lowest BCUT2D eigenvalue weighted by atomic mass is 9.98. The lowest BCUT2D eigenvalue weighted by molar-refractivity contribution is 0.174. The number of rotatable bonds is 3. The van der Waals surface area contributed by atoms with Crippen LogP contribution >= 0.6 is 0 Å². The molecule has 1 fully saturated rings. The van der Waals surface area contributed by atoms with Crippen LogP contribution in [0.2, 0.25) is 0 Å². The van der Waals surface area contributed by atoms with Gasteiger partial charge in [0, 0.05) is 13.7 Å². The molecule has 2 heteroatoms. The van der Waals surface area contributed by atoms with Crippen LogP contribution in [0.1, 0.15) is 25.7 Å². The Bertz CT molecular complexity index is 87.6. The third-order valence-corrected chi connectivity index (χ3v) is 2.43. The van der Waals surface area contributed by atoms with Crippen molar-refractivity contribution >= 4 is 0 Å². The van der Waals surface area contributed by atoms with Crippen molar-refractivity contribution in [3.63, 3.8) is 0 Å². The molecule has 0 spiro atoms. The van der Waals surface area contributed by atoms with Crippen molar-refractivity contribution in [3.8, 4) is 0 Å². The third-order valence-electron chi connectivity index (χ3n) is 2.43. The van der Waals surface area contributed by atoms with E-state index in [9.17, 15) is 0 Å². The molecule has 0 aromatic carbocycles. The van der Waals surface area contributed by atoms with Gasteiger partial charge in [0.2, 0.25) is 0 Å². The fourth-order valence-corrected chi connectivity index (χ4v) is 1.66. The predicted octanol–water partition coefficient (Wildman–Crippen LogP) is 1.41. The molecule has 0 amide bonds. The second-order valence-electron chi connectivity index (χ2n) is 3.33. The minimum atomic E-state index is 0.907. The lowest BCUT2D eigenvalue weighted by Crippen LogP contribution is -2.14. The normalized spacial score (nSPS) is 26.5. The van der Waals surface area contributed by atoms with Gasteiger partial charge in [0.25, 0.3) is 0 Å². The van der Waals surface area contributed by atoms with Crippen molar-refractivity contribution in [2.24, 2.45) is 5.92 Å². The van der Waals surface area contributed by atoms with Crippen molar-refractivity contribution in [1.82, 2.24) is 5.32 Å². The smallest absolute Gasteiger partial charge is 0.0464 e. The highest BCUT2D eigenvalue weighted by Gasteiger charge is 2.10. The summed E-state index contributed by atoms with van der Waals surface area (Å²) in [7, 11) is 1.79. The summed E-state index contributed by atoms with van der Waals surface area (Å²) in [6.45, 7) is 3.35. The third kappa shape index (κ3) is 3.73. The standard InChI is InChI=1S/C9H19NO/c1-11-8-5-9-3-2-6-10-7-4-9/h9-10H,2-8H2,1H3. The first-order valence-electron chi connectivity index (χ1n) is 4.63. The van der Waals surface area contributed by atoms with E-state index in [4.69, 9.17) is 4.74 Å². The van der Waals surface area contributed by atoms with E-state index in [1.54, 1.807) is 7.11 Å². The second kappa shape index (κ2) is 5.56. The number of hydrogen-bond acceptors (Lipinski definition) is 2. The molecular formula is C9H19NO. The maximum Gasteiger partial charge on any atom is 0.0464 e. The number of ether oxygens (including phenoxy) is 1. The van der Waals surface area contributed by atoms with E-state index >= 15 is 0 Å². The van der Waals surface area contributed by atoms with Gasteiger partial charge in [-0.2, -0.15) is 0 Å². The maximum absolute atomic E-state index is 5.06. The number of methoxy groups -OCH3 is 1. The van der Waals surface area contributed by atoms with Gasteiger partial charge in [0.1, 0.15) is 0 Å². The average Bonchev–Trinajstić information content (AvgIpc) is 2.28. The summed E-state index contributed by atoms with van der Waals surface area (Å²) in [6.07, 6.45) is 5.31. The van der Waals surface area contributed by atoms with E-state index in [1.165, 1.54) is 38.8 Å². The Balaban J connectivity index is 2.09. The SMILES string of the molecule is COCCC1CCCNCC1. The van der Waals surface area contributed by atoms with Crippen molar-refractivity contribution in [1.29, 1.82) is 0 Å². The summed E-state index contributed by atoms with van der Waals surface area (Å²) in [6, 6.07) is 0. The Hall–Kier alpha value is -0.0800. The first kappa shape index (κ1) is 9.01. The molecule has 1 rings (SSSR count). The predicted molar refractivity (Wildman–Crippen MR) is 46.7 cm³/mol. The molecule has 1 unspecified atom stereocenters. The maximum atomic E-state index is 5.06. The summed E-state index contributed by atoms with van der Waals surface area (Å²) in [5, 5.41) is 3.41. The molecule has 0 saturated carbocycles. The van der Waals surface area contributed by atoms with Gasteiger partial charge in [-0.15, -0.1) is 0 Å². The molecule has 1 saturated heterocycles. The van der Waals surface area contributed by atoms with Gasteiger partial charge >= 0.3 is 0 Å². The van der Waals surface area contributed by atoms with Crippen LogP contribution in [-0.4, -0.2) is 26.8 Å². The van der Waals surface area contributed by atoms with E-state index in [2.05, 4.69) is 5.32 Å². The molecule has 66 valence electrons. The van der Waals surface area contributed by atoms with Crippen LogP contribution in [0.3, 0.4) is 0 Å². The van der Waals surface area contributed by atoms with Crippen LogP contribution in [0, 0.1) is 5.92 Å². The molecule has 0 aromatic heterocycles. The Labute approximate surface area is 69.3 Å². The molecule has 0 aliphatic carbocycles. The Morgan fingerprint density at radius 1 is 1.36 bits per heavy atom. The molecule has 0 bridgehead atoms. The fourth-order valence-electron chi connectivity index (χ4n) is 1.66. The van der Waals surface area contributed by atoms with Gasteiger partial charge in [-0.05, 0) is 44.7 Å². The Kier molecular flexibility index (Phi) is 4.55. The Morgan fingerprint density at radius 2 is 2.27 bits per heavy atom. The highest BCUT2D eigenvalue weighted by molar-refractivity contribution is 4.66. The molecule has 2 nitrogen and oxygen atoms in total. The van der Waals surface area contributed by atoms with Crippen LogP contribution in [-0.2, 0) is 4.74 Å². The molecule has 1 aliphatic heterocycles. The van der Waals surface area contributed by atoms with Crippen LogP contribution in [0.15, 0.2) is 0 Å². The largest absolute Gasteiger partial charge is 0.385 e. The minimum Gasteiger partial charge on any atom is -0.385 e. The molecule has 0 radical (unpaired) electrons. The van der Waals surface area contributed by atoms with Gasteiger partial charge in [-0.1, -0.05) is 0 Å². The van der Waals surface area contributed by atoms with E-state index in [0.717, 1.165) is 12.5 Å². The Morgan fingerprint density at radius 3 is 3.09 bits per heavy atom. The molecule has 1 N–H and O–H groups in total. The van der Waals surface area contributed by atoms with Crippen LogP contribution in [0.4, 0.5) is 0 Å². The van der Waals surface area contributed by atoms with E-state index in [1.807, 2.05) is 0 Å². The monoisotopic (exact) mass is 157 g/mol. The zero-order chi connectivity index (χ0) is 7.94. The molecular weight excluding hydrogens is 138 g/mol. The number of hydrogen-bond donors (Lipinski definition) is 1. The first-order chi connectivity index (χ1) is 5.43. The van der Waals surface area contributed by atoms with Crippen LogP contribution < -0.4 is 5.32 Å². The average molecular weight is 157 g/mol. The van der Waals surface area contributed by atoms with Crippen molar-refractivity contribution in [2.75, 3.05) is 26.8 Å². The quantitative estimate of drug-likeness (QED) is 0.669. The fraction of sp³-hybridized carbons (Fsp3) is 1.00. The lowest BCUT2D eigenvalue weighted by Gasteiger charge is -2.11. The van der Waals surface area contributed by atoms with Gasteiger partial charge in [-0.25, -0.2) is 0 Å². The zero-order valence-electron chi connectivity index (χ0n) is 7.44. The van der Waals surface area contributed by atoms with Gasteiger partial charge in [0.15, 0.2) is 0 Å². The van der Waals surface area contributed by atoms with E-state index in [0.29, 0.717) is 0 Å². The van der Waals surface area contributed by atoms with E-state index in [-0.39, 0.29) is 0 Å². The second-order valence-corrected chi connectivity index (χ2v) is 3.33. The van der Waals surface area contributed by atoms with E-state index < -0.39 is 0 Å². The van der Waals surface area contributed by atoms with Crippen LogP contribution in [0.25, 0.3) is 0 Å². The summed E-state index contributed by atoms with van der Waals surface area (Å²) >= 11 is 0. The summed E-state index contributed by atoms with van der Waals surface area (Å²) in [4.78, 5) is 0. The molecule has 11 heavy (non-hydrogen) atoms. The van der Waals surface area contributed by atoms with Crippen molar-refractivity contribution < 1.29 is 4.74 Å². The van der Waals surface area contributed by atoms with Gasteiger partial charge in [-0.3, -0.25) is 0 Å². The summed E-state index contributed by atoms with van der Waals surface area (Å²) in [5.41, 5.74) is 0. The molecule has 1 atom stereocenters. The topological polar surface area (TPSA) is 21.3 Å². The molecule has 1 aliphatic rings. The van der Waals surface area contributed by atoms with Gasteiger partial charge < -0.3 is 10.1 Å². The summed E-state index contributed by atoms with van der Waals surface area (Å²) < 4.78 is 5.06. The van der Waals surface area contributed by atoms with Crippen LogP contribution in [0.5, 0.6) is 0 Å².